The first-order valence-electron chi connectivity index (χ1n) is 6.12. The summed E-state index contributed by atoms with van der Waals surface area (Å²) in [4.78, 5) is 4.37. The van der Waals surface area contributed by atoms with Gasteiger partial charge in [0.15, 0.2) is 0 Å². The van der Waals surface area contributed by atoms with Gasteiger partial charge in [-0.05, 0) is 26.3 Å². The van der Waals surface area contributed by atoms with Crippen molar-refractivity contribution in [2.24, 2.45) is 5.73 Å². The Labute approximate surface area is 112 Å². The normalized spacial score (nSPS) is 15.2. The Balaban J connectivity index is 2.38. The van der Waals surface area contributed by atoms with Gasteiger partial charge in [0.1, 0.15) is 11.1 Å². The van der Waals surface area contributed by atoms with E-state index < -0.39 is 11.1 Å². The highest BCUT2D eigenvalue weighted by molar-refractivity contribution is 5.29. The Kier molecular flexibility index (Phi) is 3.43. The van der Waals surface area contributed by atoms with E-state index in [0.29, 0.717) is 11.7 Å². The number of hydrogen-bond donors (Lipinski definition) is 1. The molecule has 0 fully saturated rings. The standard InChI is InChI=1S/C14H19N3O2/c1-13(2,18-4)11-16-12(19-17-11)14(3,15)10-8-6-5-7-9-10/h5-9H,15H2,1-4H3. The van der Waals surface area contributed by atoms with Gasteiger partial charge in [0.2, 0.25) is 5.82 Å². The zero-order chi connectivity index (χ0) is 14.1. The van der Waals surface area contributed by atoms with E-state index in [9.17, 15) is 0 Å². The minimum atomic E-state index is -0.823. The monoisotopic (exact) mass is 261 g/mol. The van der Waals surface area contributed by atoms with Crippen molar-refractivity contribution in [3.63, 3.8) is 0 Å². The van der Waals surface area contributed by atoms with Crippen molar-refractivity contribution in [1.29, 1.82) is 0 Å². The van der Waals surface area contributed by atoms with Gasteiger partial charge in [-0.1, -0.05) is 35.5 Å². The molecule has 1 heterocycles. The first kappa shape index (κ1) is 13.7. The molecule has 2 N–H and O–H groups in total. The molecule has 0 spiro atoms. The fraction of sp³-hybridized carbons (Fsp3) is 0.429. The van der Waals surface area contributed by atoms with Gasteiger partial charge in [-0.25, -0.2) is 0 Å². The number of rotatable bonds is 4. The van der Waals surface area contributed by atoms with E-state index in [1.807, 2.05) is 51.1 Å². The van der Waals surface area contributed by atoms with Crippen LogP contribution in [-0.2, 0) is 15.9 Å². The van der Waals surface area contributed by atoms with Crippen LogP contribution in [0.25, 0.3) is 0 Å². The summed E-state index contributed by atoms with van der Waals surface area (Å²) < 4.78 is 10.6. The maximum Gasteiger partial charge on any atom is 0.251 e. The summed E-state index contributed by atoms with van der Waals surface area (Å²) in [6.45, 7) is 5.59. The van der Waals surface area contributed by atoms with Crippen LogP contribution in [0, 0.1) is 0 Å². The number of ether oxygens (including phenoxy) is 1. The van der Waals surface area contributed by atoms with Crippen molar-refractivity contribution in [2.45, 2.75) is 31.9 Å². The Morgan fingerprint density at radius 2 is 1.79 bits per heavy atom. The van der Waals surface area contributed by atoms with Gasteiger partial charge in [-0.3, -0.25) is 0 Å². The van der Waals surface area contributed by atoms with Gasteiger partial charge in [0, 0.05) is 7.11 Å². The van der Waals surface area contributed by atoms with E-state index in [-0.39, 0.29) is 0 Å². The first-order chi connectivity index (χ1) is 8.88. The molecule has 19 heavy (non-hydrogen) atoms. The van der Waals surface area contributed by atoms with Crippen LogP contribution in [0.4, 0.5) is 0 Å². The van der Waals surface area contributed by atoms with Crippen LogP contribution in [0.5, 0.6) is 0 Å². The molecule has 1 unspecified atom stereocenters. The quantitative estimate of drug-likeness (QED) is 0.913. The first-order valence-corrected chi connectivity index (χ1v) is 6.12. The zero-order valence-electron chi connectivity index (χ0n) is 11.7. The maximum atomic E-state index is 6.32. The van der Waals surface area contributed by atoms with Crippen molar-refractivity contribution in [3.05, 3.63) is 47.6 Å². The summed E-state index contributed by atoms with van der Waals surface area (Å²) in [5.74, 6) is 0.858. The molecule has 0 aliphatic heterocycles. The topological polar surface area (TPSA) is 74.2 Å². The number of benzene rings is 1. The Bertz CT molecular complexity index is 547. The number of methoxy groups -OCH3 is 1. The third-order valence-corrected chi connectivity index (χ3v) is 3.29. The molecule has 5 nitrogen and oxygen atoms in total. The molecular formula is C14H19N3O2. The van der Waals surface area contributed by atoms with Gasteiger partial charge >= 0.3 is 0 Å². The largest absolute Gasteiger partial charge is 0.371 e. The molecule has 1 aromatic heterocycles. The third-order valence-electron chi connectivity index (χ3n) is 3.29. The zero-order valence-corrected chi connectivity index (χ0v) is 11.7. The van der Waals surface area contributed by atoms with Crippen LogP contribution >= 0.6 is 0 Å². The molecule has 0 aliphatic rings. The molecular weight excluding hydrogens is 242 g/mol. The van der Waals surface area contributed by atoms with Gasteiger partial charge in [-0.15, -0.1) is 0 Å². The molecule has 2 rings (SSSR count). The summed E-state index contributed by atoms with van der Waals surface area (Å²) in [5.41, 5.74) is 5.81. The van der Waals surface area contributed by atoms with Gasteiger partial charge in [-0.2, -0.15) is 4.98 Å². The molecule has 0 amide bonds. The highest BCUT2D eigenvalue weighted by atomic mass is 16.5. The lowest BCUT2D eigenvalue weighted by molar-refractivity contribution is 0.00973. The highest BCUT2D eigenvalue weighted by Crippen LogP contribution is 2.28. The number of aromatic nitrogens is 2. The highest BCUT2D eigenvalue weighted by Gasteiger charge is 2.34. The van der Waals surface area contributed by atoms with Crippen molar-refractivity contribution in [2.75, 3.05) is 7.11 Å². The SMILES string of the molecule is COC(C)(C)c1noc(C(C)(N)c2ccccc2)n1. The van der Waals surface area contributed by atoms with E-state index in [0.717, 1.165) is 5.56 Å². The second kappa shape index (κ2) is 4.75. The molecule has 0 bridgehead atoms. The number of nitrogens with zero attached hydrogens (tertiary/aromatic N) is 2. The van der Waals surface area contributed by atoms with E-state index in [1.165, 1.54) is 0 Å². The van der Waals surface area contributed by atoms with Gasteiger partial charge in [0.25, 0.3) is 5.89 Å². The summed E-state index contributed by atoms with van der Waals surface area (Å²) in [6, 6.07) is 9.66. The summed E-state index contributed by atoms with van der Waals surface area (Å²) in [7, 11) is 1.61. The van der Waals surface area contributed by atoms with E-state index in [2.05, 4.69) is 10.1 Å². The maximum absolute atomic E-state index is 6.32. The number of nitrogens with two attached hydrogens (primary N) is 1. The Morgan fingerprint density at radius 1 is 1.16 bits per heavy atom. The molecule has 1 aromatic carbocycles. The molecule has 0 aliphatic carbocycles. The fourth-order valence-corrected chi connectivity index (χ4v) is 1.68. The van der Waals surface area contributed by atoms with Crippen molar-refractivity contribution in [1.82, 2.24) is 10.1 Å². The summed E-state index contributed by atoms with van der Waals surface area (Å²) in [5, 5.41) is 3.96. The molecule has 0 radical (unpaired) electrons. The summed E-state index contributed by atoms with van der Waals surface area (Å²) in [6.07, 6.45) is 0. The fourth-order valence-electron chi connectivity index (χ4n) is 1.68. The Hall–Kier alpha value is -1.72. The average molecular weight is 261 g/mol. The molecule has 2 aromatic rings. The molecule has 1 atom stereocenters. The van der Waals surface area contributed by atoms with Crippen LogP contribution in [0.3, 0.4) is 0 Å². The second-order valence-electron chi connectivity index (χ2n) is 5.21. The van der Waals surface area contributed by atoms with Gasteiger partial charge < -0.3 is 15.0 Å². The van der Waals surface area contributed by atoms with E-state index >= 15 is 0 Å². The lowest BCUT2D eigenvalue weighted by atomic mass is 9.93. The molecule has 102 valence electrons. The molecule has 5 heteroatoms. The van der Waals surface area contributed by atoms with Crippen LogP contribution in [0.2, 0.25) is 0 Å². The number of hydrogen-bond acceptors (Lipinski definition) is 5. The second-order valence-corrected chi connectivity index (χ2v) is 5.21. The predicted octanol–water partition coefficient (Wildman–Crippen LogP) is 2.17. The Morgan fingerprint density at radius 3 is 2.37 bits per heavy atom. The third kappa shape index (κ3) is 2.52. The minimum absolute atomic E-state index is 0.374. The lowest BCUT2D eigenvalue weighted by Gasteiger charge is -2.21. The van der Waals surface area contributed by atoms with E-state index in [1.54, 1.807) is 7.11 Å². The van der Waals surface area contributed by atoms with Crippen molar-refractivity contribution < 1.29 is 9.26 Å². The van der Waals surface area contributed by atoms with Gasteiger partial charge in [0.05, 0.1) is 0 Å². The molecule has 0 saturated heterocycles. The smallest absolute Gasteiger partial charge is 0.251 e. The summed E-state index contributed by atoms with van der Waals surface area (Å²) >= 11 is 0. The lowest BCUT2D eigenvalue weighted by Crippen LogP contribution is -2.35. The van der Waals surface area contributed by atoms with Crippen LogP contribution < -0.4 is 5.73 Å². The van der Waals surface area contributed by atoms with Crippen LogP contribution in [0.1, 0.15) is 38.0 Å². The minimum Gasteiger partial charge on any atom is -0.371 e. The van der Waals surface area contributed by atoms with E-state index in [4.69, 9.17) is 15.0 Å². The van der Waals surface area contributed by atoms with Crippen LogP contribution in [0.15, 0.2) is 34.9 Å². The van der Waals surface area contributed by atoms with Crippen LogP contribution in [-0.4, -0.2) is 17.3 Å². The predicted molar refractivity (Wildman–Crippen MR) is 71.4 cm³/mol. The molecule has 0 saturated carbocycles. The van der Waals surface area contributed by atoms with Crippen molar-refractivity contribution >= 4 is 0 Å². The average Bonchev–Trinajstić information content (AvgIpc) is 2.91. The van der Waals surface area contributed by atoms with Crippen molar-refractivity contribution in [3.8, 4) is 0 Å².